The van der Waals surface area contributed by atoms with Gasteiger partial charge in [0.05, 0.1) is 11.0 Å². The monoisotopic (exact) mass is 488 g/mol. The maximum atomic E-state index is 3.67. The second-order valence-corrected chi connectivity index (χ2v) is 8.96. The molecule has 5 aromatic carbocycles. The van der Waals surface area contributed by atoms with Crippen LogP contribution < -0.4 is 4.90 Å². The predicted octanol–water partition coefficient (Wildman–Crippen LogP) is 9.02. The van der Waals surface area contributed by atoms with E-state index in [0.717, 1.165) is 27.2 Å². The Balaban J connectivity index is 1.66. The van der Waals surface area contributed by atoms with Gasteiger partial charge in [0.25, 0.3) is 0 Å². The molecule has 0 radical (unpaired) electrons. The van der Waals surface area contributed by atoms with Gasteiger partial charge in [-0.05, 0) is 60.7 Å². The van der Waals surface area contributed by atoms with Gasteiger partial charge in [0.15, 0.2) is 0 Å². The zero-order valence-corrected chi connectivity index (χ0v) is 19.5. The van der Waals surface area contributed by atoms with E-state index in [1.807, 2.05) is 0 Å². The zero-order valence-electron chi connectivity index (χ0n) is 17.9. The van der Waals surface area contributed by atoms with Crippen LogP contribution in [0.3, 0.4) is 0 Å². The number of para-hydroxylation sites is 3. The summed E-state index contributed by atoms with van der Waals surface area (Å²) in [7, 11) is 0. The fourth-order valence-electron chi connectivity index (χ4n) is 4.58. The SMILES string of the molecule is Brc1ccc2c3ccc(N(c4ccccc4)c4ccccc4)cc3n(-c3ccccc3)c2c1. The molecule has 0 amide bonds. The highest BCUT2D eigenvalue weighted by Gasteiger charge is 2.17. The van der Waals surface area contributed by atoms with Gasteiger partial charge in [-0.25, -0.2) is 0 Å². The minimum absolute atomic E-state index is 1.07. The van der Waals surface area contributed by atoms with Crippen molar-refractivity contribution in [2.24, 2.45) is 0 Å². The van der Waals surface area contributed by atoms with Crippen molar-refractivity contribution >= 4 is 54.8 Å². The molecule has 6 aromatic rings. The van der Waals surface area contributed by atoms with E-state index in [4.69, 9.17) is 0 Å². The molecule has 3 heteroatoms. The van der Waals surface area contributed by atoms with Crippen molar-refractivity contribution in [1.82, 2.24) is 4.57 Å². The second kappa shape index (κ2) is 8.27. The topological polar surface area (TPSA) is 8.17 Å². The van der Waals surface area contributed by atoms with Crippen LogP contribution in [0.5, 0.6) is 0 Å². The molecule has 0 aliphatic rings. The number of rotatable bonds is 4. The smallest absolute Gasteiger partial charge is 0.0561 e. The van der Waals surface area contributed by atoms with Crippen molar-refractivity contribution in [3.63, 3.8) is 0 Å². The van der Waals surface area contributed by atoms with Crippen LogP contribution in [0.2, 0.25) is 0 Å². The first-order chi connectivity index (χ1) is 16.3. The van der Waals surface area contributed by atoms with E-state index in [2.05, 4.69) is 153 Å². The molecule has 158 valence electrons. The third-order valence-electron chi connectivity index (χ3n) is 6.01. The van der Waals surface area contributed by atoms with Crippen LogP contribution in [0.1, 0.15) is 0 Å². The maximum Gasteiger partial charge on any atom is 0.0561 e. The molecule has 0 bridgehead atoms. The Morgan fingerprint density at radius 1 is 0.485 bits per heavy atom. The van der Waals surface area contributed by atoms with E-state index in [0.29, 0.717) is 0 Å². The molecule has 6 rings (SSSR count). The van der Waals surface area contributed by atoms with Gasteiger partial charge in [0.2, 0.25) is 0 Å². The Bertz CT molecular complexity index is 1520. The standard InChI is InChI=1S/C30H21BrN2/c31-22-16-18-27-28-19-17-26(21-30(28)33(29(27)20-22)25-14-8-3-9-15-25)32(23-10-4-1-5-11-23)24-12-6-2-7-13-24/h1-21H. The van der Waals surface area contributed by atoms with Crippen molar-refractivity contribution in [2.45, 2.75) is 0 Å². The number of benzene rings is 5. The number of aromatic nitrogens is 1. The maximum absolute atomic E-state index is 3.67. The predicted molar refractivity (Wildman–Crippen MR) is 143 cm³/mol. The number of halogens is 1. The highest BCUT2D eigenvalue weighted by atomic mass is 79.9. The highest BCUT2D eigenvalue weighted by molar-refractivity contribution is 9.10. The molecular formula is C30H21BrN2. The van der Waals surface area contributed by atoms with Crippen molar-refractivity contribution < 1.29 is 0 Å². The van der Waals surface area contributed by atoms with Gasteiger partial charge >= 0.3 is 0 Å². The van der Waals surface area contributed by atoms with Crippen LogP contribution in [0, 0.1) is 0 Å². The van der Waals surface area contributed by atoms with Crippen LogP contribution in [0.15, 0.2) is 132 Å². The second-order valence-electron chi connectivity index (χ2n) is 8.04. The van der Waals surface area contributed by atoms with Gasteiger partial charge in [0.1, 0.15) is 0 Å². The minimum atomic E-state index is 1.07. The van der Waals surface area contributed by atoms with Crippen LogP contribution in [-0.4, -0.2) is 4.57 Å². The van der Waals surface area contributed by atoms with E-state index in [1.165, 1.54) is 21.8 Å². The lowest BCUT2D eigenvalue weighted by atomic mass is 10.1. The summed E-state index contributed by atoms with van der Waals surface area (Å²) in [6.07, 6.45) is 0. The molecule has 0 fully saturated rings. The zero-order chi connectivity index (χ0) is 22.2. The first kappa shape index (κ1) is 19.8. The number of hydrogen-bond donors (Lipinski definition) is 0. The van der Waals surface area contributed by atoms with Crippen LogP contribution >= 0.6 is 15.9 Å². The van der Waals surface area contributed by atoms with E-state index in [9.17, 15) is 0 Å². The van der Waals surface area contributed by atoms with Gasteiger partial charge in [-0.3, -0.25) is 0 Å². The van der Waals surface area contributed by atoms with E-state index < -0.39 is 0 Å². The summed E-state index contributed by atoms with van der Waals surface area (Å²) in [4.78, 5) is 2.31. The lowest BCUT2D eigenvalue weighted by Gasteiger charge is -2.25. The van der Waals surface area contributed by atoms with Crippen LogP contribution in [-0.2, 0) is 0 Å². The number of nitrogens with zero attached hydrogens (tertiary/aromatic N) is 2. The third kappa shape index (κ3) is 3.51. The van der Waals surface area contributed by atoms with Gasteiger partial charge in [-0.2, -0.15) is 0 Å². The Morgan fingerprint density at radius 2 is 1.00 bits per heavy atom. The molecule has 0 atom stereocenters. The first-order valence-electron chi connectivity index (χ1n) is 11.0. The largest absolute Gasteiger partial charge is 0.310 e. The van der Waals surface area contributed by atoms with E-state index >= 15 is 0 Å². The van der Waals surface area contributed by atoms with E-state index in [-0.39, 0.29) is 0 Å². The van der Waals surface area contributed by atoms with Crippen molar-refractivity contribution in [3.05, 3.63) is 132 Å². The summed E-state index contributed by atoms with van der Waals surface area (Å²) >= 11 is 3.67. The first-order valence-corrected chi connectivity index (χ1v) is 11.8. The fraction of sp³-hybridized carbons (Fsp3) is 0. The van der Waals surface area contributed by atoms with Crippen molar-refractivity contribution in [3.8, 4) is 5.69 Å². The Morgan fingerprint density at radius 3 is 1.61 bits per heavy atom. The summed E-state index contributed by atoms with van der Waals surface area (Å²) in [6.45, 7) is 0. The molecule has 0 saturated carbocycles. The highest BCUT2D eigenvalue weighted by Crippen LogP contribution is 2.39. The average Bonchev–Trinajstić information content (AvgIpc) is 3.18. The molecule has 0 spiro atoms. The summed E-state index contributed by atoms with van der Waals surface area (Å²) < 4.78 is 3.43. The minimum Gasteiger partial charge on any atom is -0.310 e. The summed E-state index contributed by atoms with van der Waals surface area (Å²) in [5, 5.41) is 2.49. The number of hydrogen-bond acceptors (Lipinski definition) is 1. The molecule has 0 saturated heterocycles. The lowest BCUT2D eigenvalue weighted by Crippen LogP contribution is -2.09. The lowest BCUT2D eigenvalue weighted by molar-refractivity contribution is 1.18. The van der Waals surface area contributed by atoms with Crippen molar-refractivity contribution in [2.75, 3.05) is 4.90 Å². The Kier molecular flexibility index (Phi) is 4.97. The van der Waals surface area contributed by atoms with Crippen LogP contribution in [0.25, 0.3) is 27.5 Å². The van der Waals surface area contributed by atoms with Gasteiger partial charge in [-0.1, -0.05) is 82.7 Å². The molecule has 1 aromatic heterocycles. The molecule has 0 N–H and O–H groups in total. The molecule has 0 aliphatic carbocycles. The van der Waals surface area contributed by atoms with Gasteiger partial charge < -0.3 is 9.47 Å². The molecular weight excluding hydrogens is 468 g/mol. The fourth-order valence-corrected chi connectivity index (χ4v) is 4.92. The van der Waals surface area contributed by atoms with E-state index in [1.54, 1.807) is 0 Å². The average molecular weight is 489 g/mol. The number of anilines is 3. The van der Waals surface area contributed by atoms with Crippen LogP contribution in [0.4, 0.5) is 17.1 Å². The molecule has 2 nitrogen and oxygen atoms in total. The van der Waals surface area contributed by atoms with Gasteiger partial charge in [0, 0.05) is 38.0 Å². The molecule has 1 heterocycles. The van der Waals surface area contributed by atoms with Gasteiger partial charge in [-0.15, -0.1) is 0 Å². The summed E-state index contributed by atoms with van der Waals surface area (Å²) in [5.74, 6) is 0. The Labute approximate surface area is 201 Å². The summed E-state index contributed by atoms with van der Waals surface area (Å²) in [6, 6.07) is 44.9. The molecule has 33 heavy (non-hydrogen) atoms. The summed E-state index contributed by atoms with van der Waals surface area (Å²) in [5.41, 5.74) is 6.91. The molecule has 0 aliphatic heterocycles. The number of fused-ring (bicyclic) bond motifs is 3. The quantitative estimate of drug-likeness (QED) is 0.240. The third-order valence-corrected chi connectivity index (χ3v) is 6.51. The molecule has 0 unspecified atom stereocenters. The normalized spacial score (nSPS) is 11.2. The van der Waals surface area contributed by atoms with Crippen molar-refractivity contribution in [1.29, 1.82) is 0 Å². The Hall–Kier alpha value is -3.82.